The van der Waals surface area contributed by atoms with Gasteiger partial charge in [0, 0.05) is 30.9 Å². The molecule has 23 heavy (non-hydrogen) atoms. The van der Waals surface area contributed by atoms with Crippen molar-refractivity contribution in [2.45, 2.75) is 25.8 Å². The molecular weight excluding hydrogens is 310 g/mol. The van der Waals surface area contributed by atoms with Gasteiger partial charge < -0.3 is 10.2 Å². The largest absolute Gasteiger partial charge is 0.357 e. The molecular formula is C18H20ClN3O. The van der Waals surface area contributed by atoms with Crippen LogP contribution in [-0.2, 0) is 17.8 Å². The molecule has 2 heterocycles. The van der Waals surface area contributed by atoms with Crippen molar-refractivity contribution in [3.8, 4) is 0 Å². The lowest BCUT2D eigenvalue weighted by Gasteiger charge is -2.17. The summed E-state index contributed by atoms with van der Waals surface area (Å²) in [4.78, 5) is 18.8. The normalized spacial score (nSPS) is 14.0. The number of hydrogen-bond acceptors (Lipinski definition) is 3. The molecule has 3 rings (SSSR count). The number of pyridine rings is 1. The van der Waals surface area contributed by atoms with Crippen LogP contribution >= 0.6 is 11.6 Å². The molecule has 0 unspecified atom stereocenters. The Labute approximate surface area is 141 Å². The summed E-state index contributed by atoms with van der Waals surface area (Å²) in [5.74, 6) is 1.01. The summed E-state index contributed by atoms with van der Waals surface area (Å²) in [6, 6.07) is 11.4. The first-order valence-corrected chi connectivity index (χ1v) is 8.29. The lowest BCUT2D eigenvalue weighted by atomic mass is 10.1. The molecule has 0 saturated carbocycles. The van der Waals surface area contributed by atoms with E-state index in [1.54, 1.807) is 12.1 Å². The molecule has 1 aromatic heterocycles. The molecule has 1 aliphatic heterocycles. The van der Waals surface area contributed by atoms with Gasteiger partial charge in [-0.05, 0) is 48.2 Å². The van der Waals surface area contributed by atoms with E-state index in [1.165, 1.54) is 12.8 Å². The predicted octanol–water partition coefficient (Wildman–Crippen LogP) is 3.19. The maximum Gasteiger partial charge on any atom is 0.224 e. The number of amides is 1. The lowest BCUT2D eigenvalue weighted by molar-refractivity contribution is -0.120. The van der Waals surface area contributed by atoms with Crippen LogP contribution in [0.4, 0.5) is 5.82 Å². The average molecular weight is 330 g/mol. The summed E-state index contributed by atoms with van der Waals surface area (Å²) in [6.07, 6.45) is 4.63. The number of hydrogen-bond donors (Lipinski definition) is 1. The fourth-order valence-electron chi connectivity index (χ4n) is 2.74. The van der Waals surface area contributed by atoms with Crippen LogP contribution in [0.3, 0.4) is 0 Å². The van der Waals surface area contributed by atoms with Crippen LogP contribution < -0.4 is 10.2 Å². The van der Waals surface area contributed by atoms with Gasteiger partial charge in [-0.15, -0.1) is 0 Å². The molecule has 4 nitrogen and oxygen atoms in total. The molecule has 0 bridgehead atoms. The zero-order chi connectivity index (χ0) is 16.1. The van der Waals surface area contributed by atoms with Crippen molar-refractivity contribution >= 4 is 23.3 Å². The Morgan fingerprint density at radius 3 is 2.61 bits per heavy atom. The minimum Gasteiger partial charge on any atom is -0.357 e. The predicted molar refractivity (Wildman–Crippen MR) is 92.7 cm³/mol. The molecule has 120 valence electrons. The second kappa shape index (κ2) is 7.47. The van der Waals surface area contributed by atoms with Crippen LogP contribution in [0.25, 0.3) is 0 Å². The van der Waals surface area contributed by atoms with E-state index < -0.39 is 0 Å². The van der Waals surface area contributed by atoms with E-state index in [-0.39, 0.29) is 5.91 Å². The maximum absolute atomic E-state index is 12.0. The minimum atomic E-state index is 0.00635. The Morgan fingerprint density at radius 1 is 1.13 bits per heavy atom. The second-order valence-electron chi connectivity index (χ2n) is 5.80. The number of carbonyl (C=O) groups is 1. The lowest BCUT2D eigenvalue weighted by Crippen LogP contribution is -2.25. The van der Waals surface area contributed by atoms with E-state index in [0.29, 0.717) is 18.0 Å². The number of rotatable bonds is 5. The molecule has 1 amide bonds. The molecule has 1 saturated heterocycles. The monoisotopic (exact) mass is 329 g/mol. The molecule has 0 radical (unpaired) electrons. The van der Waals surface area contributed by atoms with Gasteiger partial charge in [0.05, 0.1) is 6.42 Å². The number of halogens is 1. The van der Waals surface area contributed by atoms with Crippen LogP contribution in [-0.4, -0.2) is 24.0 Å². The number of benzene rings is 1. The molecule has 1 aromatic carbocycles. The molecule has 0 atom stereocenters. The highest BCUT2D eigenvalue weighted by Gasteiger charge is 2.13. The van der Waals surface area contributed by atoms with Gasteiger partial charge in [0.1, 0.15) is 5.82 Å². The van der Waals surface area contributed by atoms with Crippen molar-refractivity contribution in [3.05, 3.63) is 58.7 Å². The summed E-state index contributed by atoms with van der Waals surface area (Å²) in [7, 11) is 0. The number of aromatic nitrogens is 1. The van der Waals surface area contributed by atoms with E-state index >= 15 is 0 Å². The summed E-state index contributed by atoms with van der Waals surface area (Å²) in [6.45, 7) is 2.66. The summed E-state index contributed by atoms with van der Waals surface area (Å²) in [5.41, 5.74) is 2.03. The van der Waals surface area contributed by atoms with Crippen molar-refractivity contribution in [3.63, 3.8) is 0 Å². The van der Waals surface area contributed by atoms with Gasteiger partial charge in [-0.25, -0.2) is 4.98 Å². The third kappa shape index (κ3) is 4.45. The smallest absolute Gasteiger partial charge is 0.224 e. The van der Waals surface area contributed by atoms with E-state index in [9.17, 15) is 4.79 Å². The number of nitrogens with zero attached hydrogens (tertiary/aromatic N) is 2. The number of nitrogens with one attached hydrogen (secondary N) is 1. The first-order valence-electron chi connectivity index (χ1n) is 7.92. The average Bonchev–Trinajstić information content (AvgIpc) is 3.10. The van der Waals surface area contributed by atoms with Gasteiger partial charge in [0.25, 0.3) is 0 Å². The van der Waals surface area contributed by atoms with Gasteiger partial charge >= 0.3 is 0 Å². The third-order valence-corrected chi connectivity index (χ3v) is 4.26. The Kier molecular flexibility index (Phi) is 5.13. The van der Waals surface area contributed by atoms with Gasteiger partial charge in [-0.2, -0.15) is 0 Å². The summed E-state index contributed by atoms with van der Waals surface area (Å²) >= 11 is 5.85. The molecule has 1 fully saturated rings. The summed E-state index contributed by atoms with van der Waals surface area (Å²) in [5, 5.41) is 3.64. The third-order valence-electron chi connectivity index (χ3n) is 4.01. The highest BCUT2D eigenvalue weighted by molar-refractivity contribution is 6.30. The second-order valence-corrected chi connectivity index (χ2v) is 6.23. The zero-order valence-corrected chi connectivity index (χ0v) is 13.7. The van der Waals surface area contributed by atoms with Crippen LogP contribution in [0, 0.1) is 0 Å². The zero-order valence-electron chi connectivity index (χ0n) is 13.0. The van der Waals surface area contributed by atoms with Gasteiger partial charge in [-0.3, -0.25) is 4.79 Å². The van der Waals surface area contributed by atoms with Crippen molar-refractivity contribution in [2.75, 3.05) is 18.0 Å². The fraction of sp³-hybridized carbons (Fsp3) is 0.333. The Morgan fingerprint density at radius 2 is 1.87 bits per heavy atom. The van der Waals surface area contributed by atoms with Gasteiger partial charge in [-0.1, -0.05) is 23.7 Å². The summed E-state index contributed by atoms with van der Waals surface area (Å²) < 4.78 is 0. The minimum absolute atomic E-state index is 0.00635. The maximum atomic E-state index is 12.0. The van der Waals surface area contributed by atoms with Crippen molar-refractivity contribution in [1.29, 1.82) is 0 Å². The molecule has 1 aliphatic rings. The molecule has 0 spiro atoms. The van der Waals surface area contributed by atoms with Crippen molar-refractivity contribution < 1.29 is 4.79 Å². The first-order chi connectivity index (χ1) is 11.2. The van der Waals surface area contributed by atoms with Crippen LogP contribution in [0.15, 0.2) is 42.6 Å². The topological polar surface area (TPSA) is 45.2 Å². The van der Waals surface area contributed by atoms with Crippen LogP contribution in [0.2, 0.25) is 5.02 Å². The SMILES string of the molecule is O=C(Cc1ccc(Cl)cc1)NCc1ccnc(N2CCCC2)c1. The Bertz CT molecular complexity index is 666. The highest BCUT2D eigenvalue weighted by Crippen LogP contribution is 2.18. The van der Waals surface area contributed by atoms with E-state index in [4.69, 9.17) is 11.6 Å². The standard InChI is InChI=1S/C18H20ClN3O/c19-16-5-3-14(4-6-16)12-18(23)21-13-15-7-8-20-17(11-15)22-9-1-2-10-22/h3-8,11H,1-2,9-10,12-13H2,(H,21,23). The van der Waals surface area contributed by atoms with E-state index in [2.05, 4.69) is 21.3 Å². The molecule has 0 aliphatic carbocycles. The number of carbonyl (C=O) groups excluding carboxylic acids is 1. The fourth-order valence-corrected chi connectivity index (χ4v) is 2.87. The van der Waals surface area contributed by atoms with E-state index in [0.717, 1.165) is 30.0 Å². The van der Waals surface area contributed by atoms with Gasteiger partial charge in [0.2, 0.25) is 5.91 Å². The Balaban J connectivity index is 1.54. The van der Waals surface area contributed by atoms with Gasteiger partial charge in [0.15, 0.2) is 0 Å². The van der Waals surface area contributed by atoms with E-state index in [1.807, 2.05) is 24.4 Å². The molecule has 5 heteroatoms. The molecule has 2 aromatic rings. The Hall–Kier alpha value is -2.07. The van der Waals surface area contributed by atoms with Crippen molar-refractivity contribution in [1.82, 2.24) is 10.3 Å². The highest BCUT2D eigenvalue weighted by atomic mass is 35.5. The van der Waals surface area contributed by atoms with Crippen LogP contribution in [0.5, 0.6) is 0 Å². The van der Waals surface area contributed by atoms with Crippen molar-refractivity contribution in [2.24, 2.45) is 0 Å². The molecule has 1 N–H and O–H groups in total. The first kappa shape index (κ1) is 15.8. The number of anilines is 1. The van der Waals surface area contributed by atoms with Crippen LogP contribution in [0.1, 0.15) is 24.0 Å². The quantitative estimate of drug-likeness (QED) is 0.916.